The van der Waals surface area contributed by atoms with Gasteiger partial charge < -0.3 is 19.6 Å². The van der Waals surface area contributed by atoms with Crippen molar-refractivity contribution in [3.63, 3.8) is 0 Å². The third kappa shape index (κ3) is 4.53. The van der Waals surface area contributed by atoms with Gasteiger partial charge in [-0.3, -0.25) is 9.69 Å². The first-order valence-electron chi connectivity index (χ1n) is 10.7. The SMILES string of the molecule is O=C(O)c1cccnc1N1CCC(N2CCCC(C(=O)N3CCOCC3)C2)CC1. The van der Waals surface area contributed by atoms with Crippen LogP contribution >= 0.6 is 0 Å². The van der Waals surface area contributed by atoms with Crippen molar-refractivity contribution in [2.45, 2.75) is 31.7 Å². The smallest absolute Gasteiger partial charge is 0.339 e. The number of nitrogens with zero attached hydrogens (tertiary/aromatic N) is 4. The minimum absolute atomic E-state index is 0.0919. The number of pyridine rings is 1. The Labute approximate surface area is 171 Å². The molecule has 0 radical (unpaired) electrons. The summed E-state index contributed by atoms with van der Waals surface area (Å²) in [6.07, 6.45) is 5.62. The molecule has 8 nitrogen and oxygen atoms in total. The average Bonchev–Trinajstić information content (AvgIpc) is 2.79. The first-order chi connectivity index (χ1) is 14.1. The van der Waals surface area contributed by atoms with E-state index in [0.717, 1.165) is 51.9 Å². The number of anilines is 1. The van der Waals surface area contributed by atoms with Crippen LogP contribution in [-0.4, -0.2) is 90.3 Å². The van der Waals surface area contributed by atoms with Gasteiger partial charge in [-0.05, 0) is 44.4 Å². The summed E-state index contributed by atoms with van der Waals surface area (Å²) in [5.41, 5.74) is 0.264. The number of hydrogen-bond donors (Lipinski definition) is 1. The van der Waals surface area contributed by atoms with Crippen LogP contribution in [0.2, 0.25) is 0 Å². The molecule has 1 unspecified atom stereocenters. The van der Waals surface area contributed by atoms with Crippen LogP contribution in [0.25, 0.3) is 0 Å². The van der Waals surface area contributed by atoms with Gasteiger partial charge in [-0.25, -0.2) is 9.78 Å². The average molecular weight is 402 g/mol. The highest BCUT2D eigenvalue weighted by atomic mass is 16.5. The predicted octanol–water partition coefficient (Wildman–Crippen LogP) is 1.32. The van der Waals surface area contributed by atoms with E-state index in [2.05, 4.69) is 14.8 Å². The van der Waals surface area contributed by atoms with E-state index in [1.165, 1.54) is 0 Å². The Balaban J connectivity index is 1.34. The summed E-state index contributed by atoms with van der Waals surface area (Å²) in [5, 5.41) is 9.42. The highest BCUT2D eigenvalue weighted by Gasteiger charge is 2.34. The molecule has 1 aromatic heterocycles. The van der Waals surface area contributed by atoms with E-state index in [4.69, 9.17) is 4.74 Å². The normalized spacial score (nSPS) is 24.5. The number of rotatable bonds is 4. The van der Waals surface area contributed by atoms with Gasteiger partial charge >= 0.3 is 5.97 Å². The van der Waals surface area contributed by atoms with Crippen LogP contribution in [-0.2, 0) is 9.53 Å². The molecule has 3 aliphatic heterocycles. The Morgan fingerprint density at radius 3 is 2.55 bits per heavy atom. The van der Waals surface area contributed by atoms with Gasteiger partial charge in [0.2, 0.25) is 5.91 Å². The predicted molar refractivity (Wildman–Crippen MR) is 108 cm³/mol. The minimum atomic E-state index is -0.935. The highest BCUT2D eigenvalue weighted by Crippen LogP contribution is 2.28. The maximum Gasteiger partial charge on any atom is 0.339 e. The number of aromatic carboxylic acids is 1. The summed E-state index contributed by atoms with van der Waals surface area (Å²) in [7, 11) is 0. The Hall–Kier alpha value is -2.19. The number of likely N-dealkylation sites (tertiary alicyclic amines) is 1. The standard InChI is InChI=1S/C21H30N4O4/c26-20(24-11-13-29-14-12-24)16-3-2-8-25(15-16)17-5-9-23(10-6-17)19-18(21(27)28)4-1-7-22-19/h1,4,7,16-17H,2-3,5-6,8-15H2,(H,27,28). The summed E-state index contributed by atoms with van der Waals surface area (Å²) in [4.78, 5) is 35.2. The lowest BCUT2D eigenvalue weighted by molar-refractivity contribution is -0.141. The molecule has 158 valence electrons. The highest BCUT2D eigenvalue weighted by molar-refractivity contribution is 5.93. The molecule has 0 spiro atoms. The first kappa shape index (κ1) is 20.1. The van der Waals surface area contributed by atoms with Gasteiger partial charge in [0.15, 0.2) is 0 Å². The number of carboxylic acids is 1. The molecule has 29 heavy (non-hydrogen) atoms. The first-order valence-corrected chi connectivity index (χ1v) is 10.7. The van der Waals surface area contributed by atoms with Crippen LogP contribution in [0.4, 0.5) is 5.82 Å². The van der Waals surface area contributed by atoms with Crippen LogP contribution in [0, 0.1) is 5.92 Å². The monoisotopic (exact) mass is 402 g/mol. The zero-order valence-electron chi connectivity index (χ0n) is 16.8. The summed E-state index contributed by atoms with van der Waals surface area (Å²) in [5.74, 6) is 0.0116. The number of ether oxygens (including phenoxy) is 1. The maximum atomic E-state index is 12.9. The Bertz CT molecular complexity index is 729. The summed E-state index contributed by atoms with van der Waals surface area (Å²) in [6.45, 7) is 6.18. The fraction of sp³-hybridized carbons (Fsp3) is 0.667. The molecule has 1 atom stereocenters. The third-order valence-electron chi connectivity index (χ3n) is 6.42. The van der Waals surface area contributed by atoms with Crippen molar-refractivity contribution < 1.29 is 19.4 Å². The number of piperidine rings is 2. The van der Waals surface area contributed by atoms with E-state index in [-0.39, 0.29) is 17.4 Å². The molecule has 8 heteroatoms. The van der Waals surface area contributed by atoms with Crippen LogP contribution in [0.15, 0.2) is 18.3 Å². The van der Waals surface area contributed by atoms with E-state index in [1.807, 2.05) is 4.90 Å². The van der Waals surface area contributed by atoms with Crippen molar-refractivity contribution in [1.29, 1.82) is 0 Å². The molecule has 0 saturated carbocycles. The second kappa shape index (κ2) is 9.09. The largest absolute Gasteiger partial charge is 0.478 e. The van der Waals surface area contributed by atoms with Gasteiger partial charge in [0, 0.05) is 45.0 Å². The fourth-order valence-electron chi connectivity index (χ4n) is 4.84. The van der Waals surface area contributed by atoms with Gasteiger partial charge in [0.05, 0.1) is 19.1 Å². The fourth-order valence-corrected chi connectivity index (χ4v) is 4.84. The molecule has 0 aliphatic carbocycles. The lowest BCUT2D eigenvalue weighted by Crippen LogP contribution is -2.52. The number of carbonyl (C=O) groups excluding carboxylic acids is 1. The molecule has 3 aliphatic rings. The molecule has 3 saturated heterocycles. The molecular formula is C21H30N4O4. The lowest BCUT2D eigenvalue weighted by Gasteiger charge is -2.43. The summed E-state index contributed by atoms with van der Waals surface area (Å²) < 4.78 is 5.37. The van der Waals surface area contributed by atoms with Crippen molar-refractivity contribution >= 4 is 17.7 Å². The van der Waals surface area contributed by atoms with Crippen LogP contribution in [0.5, 0.6) is 0 Å². The van der Waals surface area contributed by atoms with E-state index in [9.17, 15) is 14.7 Å². The van der Waals surface area contributed by atoms with Crippen LogP contribution in [0.3, 0.4) is 0 Å². The number of hydrogen-bond acceptors (Lipinski definition) is 6. The third-order valence-corrected chi connectivity index (χ3v) is 6.42. The number of carboxylic acid groups (broad SMARTS) is 1. The van der Waals surface area contributed by atoms with Gasteiger partial charge in [0.25, 0.3) is 0 Å². The van der Waals surface area contributed by atoms with E-state index in [1.54, 1.807) is 18.3 Å². The van der Waals surface area contributed by atoms with Crippen molar-refractivity contribution in [3.8, 4) is 0 Å². The van der Waals surface area contributed by atoms with Crippen molar-refractivity contribution in [1.82, 2.24) is 14.8 Å². The second-order valence-electron chi connectivity index (χ2n) is 8.17. The number of amides is 1. The summed E-state index contributed by atoms with van der Waals surface area (Å²) in [6, 6.07) is 3.73. The van der Waals surface area contributed by atoms with Crippen molar-refractivity contribution in [2.75, 3.05) is 57.4 Å². The van der Waals surface area contributed by atoms with E-state index in [0.29, 0.717) is 38.2 Å². The van der Waals surface area contributed by atoms with E-state index < -0.39 is 5.97 Å². The molecule has 0 aromatic carbocycles. The van der Waals surface area contributed by atoms with Crippen LogP contribution in [0.1, 0.15) is 36.0 Å². The van der Waals surface area contributed by atoms with Gasteiger partial charge in [-0.1, -0.05) is 0 Å². The Morgan fingerprint density at radius 2 is 1.83 bits per heavy atom. The molecule has 0 bridgehead atoms. The second-order valence-corrected chi connectivity index (χ2v) is 8.17. The topological polar surface area (TPSA) is 86.2 Å². The van der Waals surface area contributed by atoms with Crippen LogP contribution < -0.4 is 4.90 Å². The van der Waals surface area contributed by atoms with Crippen molar-refractivity contribution in [2.24, 2.45) is 5.92 Å². The Morgan fingerprint density at radius 1 is 1.07 bits per heavy atom. The van der Waals surface area contributed by atoms with Gasteiger partial charge in [-0.15, -0.1) is 0 Å². The molecule has 1 aromatic rings. The number of morpholine rings is 1. The summed E-state index contributed by atoms with van der Waals surface area (Å²) >= 11 is 0. The van der Waals surface area contributed by atoms with Gasteiger partial charge in [-0.2, -0.15) is 0 Å². The molecule has 3 fully saturated rings. The molecule has 4 heterocycles. The van der Waals surface area contributed by atoms with Crippen molar-refractivity contribution in [3.05, 3.63) is 23.9 Å². The van der Waals surface area contributed by atoms with Gasteiger partial charge in [0.1, 0.15) is 11.4 Å². The zero-order valence-corrected chi connectivity index (χ0v) is 16.8. The number of aromatic nitrogens is 1. The zero-order chi connectivity index (χ0) is 20.2. The molecule has 1 N–H and O–H groups in total. The molecule has 1 amide bonds. The lowest BCUT2D eigenvalue weighted by atomic mass is 9.92. The molecule has 4 rings (SSSR count). The van der Waals surface area contributed by atoms with E-state index >= 15 is 0 Å². The maximum absolute atomic E-state index is 12.9. The Kier molecular flexibility index (Phi) is 6.30. The molecular weight excluding hydrogens is 372 g/mol. The quantitative estimate of drug-likeness (QED) is 0.813. The minimum Gasteiger partial charge on any atom is -0.478 e. The number of carbonyl (C=O) groups is 2.